The first-order valence-corrected chi connectivity index (χ1v) is 7.78. The molecule has 3 nitrogen and oxygen atoms in total. The SMILES string of the molecule is O=C(CCCn1ccc2ccccc2c1=O)c1cccs1. The molecule has 2 aromatic heterocycles. The number of Topliss-reactive ketones (excluding diaryl/α,β-unsaturated/α-hetero) is 1. The molecule has 106 valence electrons. The van der Waals surface area contributed by atoms with Crippen molar-refractivity contribution < 1.29 is 4.79 Å². The van der Waals surface area contributed by atoms with Gasteiger partial charge in [0.2, 0.25) is 0 Å². The predicted octanol–water partition coefficient (Wildman–Crippen LogP) is 3.73. The predicted molar refractivity (Wildman–Crippen MR) is 86.1 cm³/mol. The molecule has 0 radical (unpaired) electrons. The fraction of sp³-hybridized carbons (Fsp3) is 0.176. The molecule has 3 aromatic rings. The highest BCUT2D eigenvalue weighted by atomic mass is 32.1. The minimum Gasteiger partial charge on any atom is -0.315 e. The molecular weight excluding hydrogens is 282 g/mol. The van der Waals surface area contributed by atoms with Crippen LogP contribution in [0, 0.1) is 0 Å². The summed E-state index contributed by atoms with van der Waals surface area (Å²) in [6.45, 7) is 0.570. The van der Waals surface area contributed by atoms with Crippen molar-refractivity contribution in [1.29, 1.82) is 0 Å². The van der Waals surface area contributed by atoms with Gasteiger partial charge in [0.1, 0.15) is 0 Å². The van der Waals surface area contributed by atoms with Gasteiger partial charge in [-0.2, -0.15) is 0 Å². The molecule has 0 saturated heterocycles. The standard InChI is InChI=1S/C17H15NO2S/c19-15(16-8-4-12-21-16)7-3-10-18-11-9-13-5-1-2-6-14(13)17(18)20/h1-2,4-6,8-9,11-12H,3,7,10H2. The van der Waals surface area contributed by atoms with Gasteiger partial charge in [-0.15, -0.1) is 11.3 Å². The quantitative estimate of drug-likeness (QED) is 0.673. The maximum absolute atomic E-state index is 12.3. The molecule has 0 aliphatic heterocycles. The molecule has 0 aliphatic rings. The van der Waals surface area contributed by atoms with Gasteiger partial charge in [-0.25, -0.2) is 0 Å². The van der Waals surface area contributed by atoms with E-state index in [1.165, 1.54) is 11.3 Å². The molecule has 0 bridgehead atoms. The van der Waals surface area contributed by atoms with Crippen LogP contribution in [0.3, 0.4) is 0 Å². The van der Waals surface area contributed by atoms with Gasteiger partial charge in [0, 0.05) is 24.5 Å². The second-order valence-electron chi connectivity index (χ2n) is 4.91. The summed E-state index contributed by atoms with van der Waals surface area (Å²) in [5.41, 5.74) is 0.0108. The zero-order valence-electron chi connectivity index (χ0n) is 11.5. The van der Waals surface area contributed by atoms with Crippen molar-refractivity contribution in [1.82, 2.24) is 4.57 Å². The number of hydrogen-bond acceptors (Lipinski definition) is 3. The van der Waals surface area contributed by atoms with Gasteiger partial charge in [0.05, 0.1) is 4.88 Å². The van der Waals surface area contributed by atoms with Crippen molar-refractivity contribution in [3.05, 3.63) is 69.3 Å². The summed E-state index contributed by atoms with van der Waals surface area (Å²) in [5.74, 6) is 0.152. The number of pyridine rings is 1. The van der Waals surface area contributed by atoms with E-state index < -0.39 is 0 Å². The van der Waals surface area contributed by atoms with Crippen molar-refractivity contribution in [3.63, 3.8) is 0 Å². The third kappa shape index (κ3) is 2.95. The van der Waals surface area contributed by atoms with Crippen molar-refractivity contribution in [3.8, 4) is 0 Å². The number of fused-ring (bicyclic) bond motifs is 1. The van der Waals surface area contributed by atoms with Crippen LogP contribution in [0.25, 0.3) is 10.8 Å². The first-order valence-electron chi connectivity index (χ1n) is 6.90. The van der Waals surface area contributed by atoms with E-state index in [2.05, 4.69) is 0 Å². The molecule has 0 atom stereocenters. The number of benzene rings is 1. The molecule has 21 heavy (non-hydrogen) atoms. The van der Waals surface area contributed by atoms with E-state index in [1.54, 1.807) is 10.8 Å². The van der Waals surface area contributed by atoms with Crippen LogP contribution in [0.1, 0.15) is 22.5 Å². The molecule has 0 fully saturated rings. The highest BCUT2D eigenvalue weighted by Gasteiger charge is 2.07. The summed E-state index contributed by atoms with van der Waals surface area (Å²) in [5, 5.41) is 3.58. The molecule has 0 N–H and O–H groups in total. The molecular formula is C17H15NO2S. The topological polar surface area (TPSA) is 39.1 Å². The highest BCUT2D eigenvalue weighted by Crippen LogP contribution is 2.13. The van der Waals surface area contributed by atoms with E-state index in [-0.39, 0.29) is 11.3 Å². The fourth-order valence-corrected chi connectivity index (χ4v) is 3.07. The first-order chi connectivity index (χ1) is 10.3. The monoisotopic (exact) mass is 297 g/mol. The van der Waals surface area contributed by atoms with Crippen molar-refractivity contribution in [2.45, 2.75) is 19.4 Å². The lowest BCUT2D eigenvalue weighted by Gasteiger charge is -2.06. The van der Waals surface area contributed by atoms with Crippen molar-refractivity contribution in [2.24, 2.45) is 0 Å². The zero-order chi connectivity index (χ0) is 14.7. The summed E-state index contributed by atoms with van der Waals surface area (Å²) in [7, 11) is 0. The summed E-state index contributed by atoms with van der Waals surface area (Å²) >= 11 is 1.46. The van der Waals surface area contributed by atoms with Crippen LogP contribution in [0.5, 0.6) is 0 Å². The van der Waals surface area contributed by atoms with Gasteiger partial charge >= 0.3 is 0 Å². The Morgan fingerprint density at radius 3 is 2.76 bits per heavy atom. The smallest absolute Gasteiger partial charge is 0.258 e. The Morgan fingerprint density at radius 1 is 1.10 bits per heavy atom. The number of thiophene rings is 1. The lowest BCUT2D eigenvalue weighted by Crippen LogP contribution is -2.19. The third-order valence-corrected chi connectivity index (χ3v) is 4.40. The second-order valence-corrected chi connectivity index (χ2v) is 5.85. The van der Waals surface area contributed by atoms with E-state index in [0.29, 0.717) is 19.4 Å². The molecule has 3 rings (SSSR count). The van der Waals surface area contributed by atoms with Gasteiger partial charge in [0.15, 0.2) is 5.78 Å². The fourth-order valence-electron chi connectivity index (χ4n) is 2.38. The van der Waals surface area contributed by atoms with Crippen molar-refractivity contribution in [2.75, 3.05) is 0 Å². The van der Waals surface area contributed by atoms with Crippen LogP contribution in [0.2, 0.25) is 0 Å². The molecule has 1 aromatic carbocycles. The number of carbonyl (C=O) groups excluding carboxylic acids is 1. The highest BCUT2D eigenvalue weighted by molar-refractivity contribution is 7.12. The van der Waals surface area contributed by atoms with Crippen LogP contribution >= 0.6 is 11.3 Å². The minimum absolute atomic E-state index is 0.0108. The average molecular weight is 297 g/mol. The molecule has 0 spiro atoms. The van der Waals surface area contributed by atoms with Crippen LogP contribution in [-0.2, 0) is 6.54 Å². The number of carbonyl (C=O) groups is 1. The van der Waals surface area contributed by atoms with E-state index in [4.69, 9.17) is 0 Å². The van der Waals surface area contributed by atoms with Gasteiger partial charge in [-0.05, 0) is 35.4 Å². The molecule has 4 heteroatoms. The zero-order valence-corrected chi connectivity index (χ0v) is 12.3. The maximum Gasteiger partial charge on any atom is 0.258 e. The largest absolute Gasteiger partial charge is 0.315 e. The number of hydrogen-bond donors (Lipinski definition) is 0. The molecule has 0 saturated carbocycles. The molecule has 0 unspecified atom stereocenters. The van der Waals surface area contributed by atoms with Gasteiger partial charge < -0.3 is 4.57 Å². The molecule has 0 amide bonds. The van der Waals surface area contributed by atoms with E-state index in [0.717, 1.165) is 15.6 Å². The lowest BCUT2D eigenvalue weighted by molar-refractivity contribution is 0.0982. The summed E-state index contributed by atoms with van der Waals surface area (Å²) < 4.78 is 1.68. The summed E-state index contributed by atoms with van der Waals surface area (Å²) in [6, 6.07) is 13.2. The number of rotatable bonds is 5. The van der Waals surface area contributed by atoms with E-state index in [9.17, 15) is 9.59 Å². The molecule has 2 heterocycles. The Bertz CT molecular complexity index is 818. The van der Waals surface area contributed by atoms with Crippen LogP contribution in [0.4, 0.5) is 0 Å². The maximum atomic E-state index is 12.3. The normalized spacial score (nSPS) is 10.9. The van der Waals surface area contributed by atoms with E-state index >= 15 is 0 Å². The number of aryl methyl sites for hydroxylation is 1. The molecule has 0 aliphatic carbocycles. The Kier molecular flexibility index (Phi) is 3.97. The first kappa shape index (κ1) is 13.8. The summed E-state index contributed by atoms with van der Waals surface area (Å²) in [4.78, 5) is 25.0. The van der Waals surface area contributed by atoms with Gasteiger partial charge in [-0.1, -0.05) is 24.3 Å². The Hall–Kier alpha value is -2.20. The van der Waals surface area contributed by atoms with Crippen LogP contribution in [0.15, 0.2) is 58.8 Å². The van der Waals surface area contributed by atoms with E-state index in [1.807, 2.05) is 47.8 Å². The average Bonchev–Trinajstić information content (AvgIpc) is 3.04. The third-order valence-electron chi connectivity index (χ3n) is 3.48. The Morgan fingerprint density at radius 2 is 1.95 bits per heavy atom. The number of aromatic nitrogens is 1. The number of nitrogens with zero attached hydrogens (tertiary/aromatic N) is 1. The van der Waals surface area contributed by atoms with Crippen LogP contribution in [-0.4, -0.2) is 10.4 Å². The Balaban J connectivity index is 1.70. The number of ketones is 1. The van der Waals surface area contributed by atoms with Gasteiger partial charge in [0.25, 0.3) is 5.56 Å². The lowest BCUT2D eigenvalue weighted by atomic mass is 10.1. The Labute approximate surface area is 126 Å². The second kappa shape index (κ2) is 6.06. The van der Waals surface area contributed by atoms with Gasteiger partial charge in [-0.3, -0.25) is 9.59 Å². The minimum atomic E-state index is 0.0108. The summed E-state index contributed by atoms with van der Waals surface area (Å²) in [6.07, 6.45) is 2.95. The van der Waals surface area contributed by atoms with Crippen molar-refractivity contribution >= 4 is 27.9 Å². The van der Waals surface area contributed by atoms with Crippen LogP contribution < -0.4 is 5.56 Å².